The second-order valence-corrected chi connectivity index (χ2v) is 11.9. The lowest BCUT2D eigenvalue weighted by Gasteiger charge is -2.54. The highest BCUT2D eigenvalue weighted by Gasteiger charge is 2.55. The van der Waals surface area contributed by atoms with Gasteiger partial charge in [-0.05, 0) is 84.7 Å². The van der Waals surface area contributed by atoms with E-state index in [1.807, 2.05) is 24.3 Å². The minimum Gasteiger partial charge on any atom is -0.462 e. The summed E-state index contributed by atoms with van der Waals surface area (Å²) in [5.74, 6) is 0.606. The molecule has 4 atom stereocenters. The van der Waals surface area contributed by atoms with Crippen molar-refractivity contribution in [1.29, 1.82) is 0 Å². The standard InChI is InChI=1S/C29H38BrNO3/c1-19(2)20-9-11-25-21(15-20)10-12-26-28(25,3)13-6-14-29(26,4)27(33)34-18-24(32)17-31-23-8-5-7-22(30)16-23/h5,7-9,11,15-16,19,24,26,31-32H,6,10,12-14,17-18H2,1-4H3/t24?,26?,28-,29-/m1/s1. The summed E-state index contributed by atoms with van der Waals surface area (Å²) >= 11 is 3.45. The summed E-state index contributed by atoms with van der Waals surface area (Å²) in [4.78, 5) is 13.4. The molecule has 184 valence electrons. The first kappa shape index (κ1) is 25.2. The maximum Gasteiger partial charge on any atom is 0.312 e. The van der Waals surface area contributed by atoms with Gasteiger partial charge < -0.3 is 15.2 Å². The fourth-order valence-electron chi connectivity index (χ4n) is 6.34. The first-order valence-electron chi connectivity index (χ1n) is 12.6. The monoisotopic (exact) mass is 527 g/mol. The lowest BCUT2D eigenvalue weighted by molar-refractivity contribution is -0.167. The molecule has 34 heavy (non-hydrogen) atoms. The zero-order valence-electron chi connectivity index (χ0n) is 20.9. The van der Waals surface area contributed by atoms with E-state index in [0.29, 0.717) is 12.5 Å². The molecule has 2 N–H and O–H groups in total. The molecule has 0 radical (unpaired) electrons. The van der Waals surface area contributed by atoms with E-state index in [-0.39, 0.29) is 23.9 Å². The molecule has 0 bridgehead atoms. The predicted molar refractivity (Wildman–Crippen MR) is 141 cm³/mol. The Kier molecular flexibility index (Phi) is 7.44. The van der Waals surface area contributed by atoms with Crippen LogP contribution in [0.5, 0.6) is 0 Å². The zero-order chi connectivity index (χ0) is 24.5. The lowest BCUT2D eigenvalue weighted by atomic mass is 9.49. The second kappa shape index (κ2) is 10.0. The van der Waals surface area contributed by atoms with E-state index in [0.717, 1.165) is 42.3 Å². The topological polar surface area (TPSA) is 58.6 Å². The molecule has 2 aliphatic carbocycles. The molecule has 0 saturated heterocycles. The van der Waals surface area contributed by atoms with Crippen LogP contribution in [0.3, 0.4) is 0 Å². The Morgan fingerprint density at radius 3 is 2.74 bits per heavy atom. The van der Waals surface area contributed by atoms with Gasteiger partial charge in [0, 0.05) is 16.7 Å². The van der Waals surface area contributed by atoms with Gasteiger partial charge >= 0.3 is 5.97 Å². The van der Waals surface area contributed by atoms with Crippen molar-refractivity contribution >= 4 is 27.6 Å². The van der Waals surface area contributed by atoms with Crippen LogP contribution < -0.4 is 5.32 Å². The maximum atomic E-state index is 13.4. The molecule has 4 rings (SSSR count). The van der Waals surface area contributed by atoms with Crippen molar-refractivity contribution in [2.24, 2.45) is 11.3 Å². The van der Waals surface area contributed by atoms with Crippen LogP contribution in [0.25, 0.3) is 0 Å². The van der Waals surface area contributed by atoms with Crippen LogP contribution in [0.2, 0.25) is 0 Å². The molecule has 0 aromatic heterocycles. The van der Waals surface area contributed by atoms with Gasteiger partial charge in [-0.15, -0.1) is 0 Å². The van der Waals surface area contributed by atoms with Gasteiger partial charge in [-0.2, -0.15) is 0 Å². The normalized spacial score (nSPS) is 27.0. The van der Waals surface area contributed by atoms with Gasteiger partial charge in [0.15, 0.2) is 0 Å². The number of hydrogen-bond donors (Lipinski definition) is 2. The third-order valence-corrected chi connectivity index (χ3v) is 8.78. The maximum absolute atomic E-state index is 13.4. The highest BCUT2D eigenvalue weighted by Crippen LogP contribution is 2.57. The minimum absolute atomic E-state index is 0.00714. The number of ether oxygens (including phenoxy) is 1. The van der Waals surface area contributed by atoms with Gasteiger partial charge in [0.2, 0.25) is 0 Å². The number of aliphatic hydroxyl groups is 1. The van der Waals surface area contributed by atoms with Crippen molar-refractivity contribution < 1.29 is 14.6 Å². The molecule has 0 aliphatic heterocycles. The average molecular weight is 529 g/mol. The molecular formula is C29H38BrNO3. The largest absolute Gasteiger partial charge is 0.462 e. The molecule has 4 nitrogen and oxygen atoms in total. The number of rotatable bonds is 7. The van der Waals surface area contributed by atoms with Crippen molar-refractivity contribution in [3.63, 3.8) is 0 Å². The molecular weight excluding hydrogens is 490 g/mol. The number of halogens is 1. The minimum atomic E-state index is -0.761. The molecule has 1 fully saturated rings. The Labute approximate surface area is 212 Å². The first-order valence-corrected chi connectivity index (χ1v) is 13.4. The van der Waals surface area contributed by atoms with Crippen LogP contribution >= 0.6 is 15.9 Å². The highest BCUT2D eigenvalue weighted by atomic mass is 79.9. The van der Waals surface area contributed by atoms with Gasteiger partial charge in [0.1, 0.15) is 12.7 Å². The third-order valence-electron chi connectivity index (χ3n) is 8.28. The quantitative estimate of drug-likeness (QED) is 0.398. The summed E-state index contributed by atoms with van der Waals surface area (Å²) in [5, 5.41) is 13.6. The second-order valence-electron chi connectivity index (χ2n) is 11.0. The van der Waals surface area contributed by atoms with Crippen LogP contribution in [0.4, 0.5) is 5.69 Å². The number of carbonyl (C=O) groups excluding carboxylic acids is 1. The summed E-state index contributed by atoms with van der Waals surface area (Å²) in [7, 11) is 0. The van der Waals surface area contributed by atoms with Crippen LogP contribution in [0.1, 0.15) is 76.0 Å². The highest BCUT2D eigenvalue weighted by molar-refractivity contribution is 9.10. The van der Waals surface area contributed by atoms with Crippen molar-refractivity contribution in [2.45, 2.75) is 77.2 Å². The summed E-state index contributed by atoms with van der Waals surface area (Å²) in [5.41, 5.74) is 4.64. The Morgan fingerprint density at radius 2 is 2.00 bits per heavy atom. The number of esters is 1. The molecule has 0 spiro atoms. The number of hydrogen-bond acceptors (Lipinski definition) is 4. The van der Waals surface area contributed by atoms with Crippen molar-refractivity contribution in [1.82, 2.24) is 0 Å². The Balaban J connectivity index is 1.43. The van der Waals surface area contributed by atoms with Crippen LogP contribution in [0, 0.1) is 11.3 Å². The van der Waals surface area contributed by atoms with Gasteiger partial charge in [-0.25, -0.2) is 0 Å². The van der Waals surface area contributed by atoms with E-state index in [2.05, 4.69) is 67.1 Å². The summed E-state index contributed by atoms with van der Waals surface area (Å²) in [6.07, 6.45) is 4.22. The fraction of sp³-hybridized carbons (Fsp3) is 0.552. The smallest absolute Gasteiger partial charge is 0.312 e. The number of anilines is 1. The molecule has 2 aromatic rings. The molecule has 0 heterocycles. The number of benzene rings is 2. The number of nitrogens with one attached hydrogen (secondary N) is 1. The van der Waals surface area contributed by atoms with Crippen LogP contribution in [0.15, 0.2) is 46.9 Å². The summed E-state index contributed by atoms with van der Waals surface area (Å²) in [6.45, 7) is 9.26. The van der Waals surface area contributed by atoms with Gasteiger partial charge in [-0.3, -0.25) is 4.79 Å². The average Bonchev–Trinajstić information content (AvgIpc) is 2.80. The van der Waals surface area contributed by atoms with E-state index in [1.165, 1.54) is 16.7 Å². The Morgan fingerprint density at radius 1 is 1.21 bits per heavy atom. The van der Waals surface area contributed by atoms with E-state index < -0.39 is 11.5 Å². The number of aryl methyl sites for hydroxylation is 1. The molecule has 0 amide bonds. The zero-order valence-corrected chi connectivity index (χ0v) is 22.5. The van der Waals surface area contributed by atoms with Gasteiger partial charge in [0.25, 0.3) is 0 Å². The molecule has 2 aliphatic rings. The number of aliphatic hydroxyl groups excluding tert-OH is 1. The SMILES string of the molecule is CC(C)c1ccc2c(c1)CCC1[C@](C)(C(=O)OCC(O)CNc3cccc(Br)c3)CCC[C@]21C. The van der Waals surface area contributed by atoms with E-state index in [1.54, 1.807) is 0 Å². The lowest BCUT2D eigenvalue weighted by Crippen LogP contribution is -2.53. The van der Waals surface area contributed by atoms with Crippen LogP contribution in [-0.2, 0) is 21.4 Å². The summed E-state index contributed by atoms with van der Waals surface area (Å²) in [6, 6.07) is 14.8. The van der Waals surface area contributed by atoms with E-state index >= 15 is 0 Å². The number of fused-ring (bicyclic) bond motifs is 3. The van der Waals surface area contributed by atoms with Crippen molar-refractivity contribution in [3.8, 4) is 0 Å². The van der Waals surface area contributed by atoms with Crippen LogP contribution in [-0.4, -0.2) is 30.3 Å². The van der Waals surface area contributed by atoms with Gasteiger partial charge in [0.05, 0.1) is 5.41 Å². The number of carbonyl (C=O) groups is 1. The Bertz CT molecular complexity index is 1040. The van der Waals surface area contributed by atoms with E-state index in [4.69, 9.17) is 4.74 Å². The predicted octanol–water partition coefficient (Wildman–Crippen LogP) is 6.60. The van der Waals surface area contributed by atoms with E-state index in [9.17, 15) is 9.90 Å². The molecule has 1 saturated carbocycles. The van der Waals surface area contributed by atoms with Crippen molar-refractivity contribution in [2.75, 3.05) is 18.5 Å². The molecule has 2 unspecified atom stereocenters. The fourth-order valence-corrected chi connectivity index (χ4v) is 6.74. The summed E-state index contributed by atoms with van der Waals surface area (Å²) < 4.78 is 6.73. The van der Waals surface area contributed by atoms with Crippen molar-refractivity contribution in [3.05, 3.63) is 63.6 Å². The Hall–Kier alpha value is -1.85. The van der Waals surface area contributed by atoms with Gasteiger partial charge in [-0.1, -0.05) is 67.4 Å². The molecule has 5 heteroatoms. The first-order chi connectivity index (χ1) is 16.1. The molecule has 2 aromatic carbocycles. The third kappa shape index (κ3) is 4.92.